The van der Waals surface area contributed by atoms with E-state index < -0.39 is 0 Å². The molecule has 1 aliphatic rings. The number of aromatic hydroxyl groups is 1. The van der Waals surface area contributed by atoms with Crippen LogP contribution >= 0.6 is 11.3 Å². The van der Waals surface area contributed by atoms with Crippen LogP contribution < -0.4 is 9.80 Å². The average Bonchev–Trinajstić information content (AvgIpc) is 3.12. The third-order valence-corrected chi connectivity index (χ3v) is 5.64. The third-order valence-electron chi connectivity index (χ3n) is 4.70. The van der Waals surface area contributed by atoms with E-state index in [0.717, 1.165) is 43.4 Å². The van der Waals surface area contributed by atoms with Crippen LogP contribution in [0.1, 0.15) is 5.69 Å². The second kappa shape index (κ2) is 7.25. The van der Waals surface area contributed by atoms with Crippen LogP contribution in [-0.4, -0.2) is 36.3 Å². The van der Waals surface area contributed by atoms with Crippen LogP contribution in [0.3, 0.4) is 0 Å². The monoisotopic (exact) mass is 352 g/mol. The Labute approximate surface area is 152 Å². The topological polar surface area (TPSA) is 40.8 Å². The van der Waals surface area contributed by atoms with Crippen LogP contribution in [-0.2, 0) is 6.54 Å². The van der Waals surface area contributed by atoms with E-state index in [-0.39, 0.29) is 0 Å². The van der Waals surface area contributed by atoms with E-state index in [4.69, 9.17) is 4.98 Å². The Morgan fingerprint density at radius 3 is 2.48 bits per heavy atom. The maximum atomic E-state index is 10.0. The average molecular weight is 352 g/mol. The molecule has 5 heteroatoms. The zero-order chi connectivity index (χ0) is 17.1. The van der Waals surface area contributed by atoms with Crippen LogP contribution in [0.25, 0.3) is 10.6 Å². The van der Waals surface area contributed by atoms with Crippen LogP contribution in [0.4, 0.5) is 5.69 Å². The van der Waals surface area contributed by atoms with E-state index >= 15 is 0 Å². The van der Waals surface area contributed by atoms with Gasteiger partial charge in [-0.05, 0) is 12.1 Å². The fourth-order valence-corrected chi connectivity index (χ4v) is 4.16. The number of para-hydroxylation sites is 2. The minimum absolute atomic E-state index is 0.373. The normalized spacial score (nSPS) is 15.4. The Balaban J connectivity index is 1.36. The van der Waals surface area contributed by atoms with Gasteiger partial charge in [-0.25, -0.2) is 4.98 Å². The highest BCUT2D eigenvalue weighted by Crippen LogP contribution is 2.26. The lowest BCUT2D eigenvalue weighted by Gasteiger charge is -2.33. The van der Waals surface area contributed by atoms with E-state index in [0.29, 0.717) is 5.75 Å². The molecule has 0 bridgehead atoms. The quantitative estimate of drug-likeness (QED) is 0.758. The first-order valence-corrected chi connectivity index (χ1v) is 9.54. The maximum Gasteiger partial charge on any atom is 0.138 e. The molecule has 2 aromatic carbocycles. The number of quaternary nitrogens is 1. The second-order valence-corrected chi connectivity index (χ2v) is 7.27. The summed E-state index contributed by atoms with van der Waals surface area (Å²) in [4.78, 5) is 8.64. The Morgan fingerprint density at radius 1 is 1.00 bits per heavy atom. The van der Waals surface area contributed by atoms with Gasteiger partial charge < -0.3 is 14.9 Å². The number of aromatic nitrogens is 1. The minimum atomic E-state index is 0.373. The number of hydrogen-bond acceptors (Lipinski definition) is 4. The molecule has 0 saturated carbocycles. The smallest absolute Gasteiger partial charge is 0.138 e. The van der Waals surface area contributed by atoms with Gasteiger partial charge in [-0.15, -0.1) is 11.3 Å². The summed E-state index contributed by atoms with van der Waals surface area (Å²) in [5, 5.41) is 13.3. The largest absolute Gasteiger partial charge is 0.506 e. The van der Waals surface area contributed by atoms with E-state index in [1.165, 1.54) is 11.3 Å². The molecule has 2 N–H and O–H groups in total. The van der Waals surface area contributed by atoms with Gasteiger partial charge in [0.25, 0.3) is 0 Å². The van der Waals surface area contributed by atoms with E-state index in [1.807, 2.05) is 24.3 Å². The first-order valence-electron chi connectivity index (χ1n) is 8.66. The number of hydrogen-bond donors (Lipinski definition) is 2. The number of rotatable bonds is 4. The highest BCUT2D eigenvalue weighted by atomic mass is 32.1. The number of benzene rings is 2. The van der Waals surface area contributed by atoms with Gasteiger partial charge >= 0.3 is 0 Å². The number of nitrogens with one attached hydrogen (secondary N) is 1. The number of piperazine rings is 1. The molecule has 1 saturated heterocycles. The van der Waals surface area contributed by atoms with Crippen LogP contribution in [0.5, 0.6) is 5.75 Å². The fraction of sp³-hybridized carbons (Fsp3) is 0.250. The Morgan fingerprint density at radius 2 is 1.72 bits per heavy atom. The van der Waals surface area contributed by atoms with Crippen molar-refractivity contribution in [1.29, 1.82) is 0 Å². The first-order chi connectivity index (χ1) is 12.3. The van der Waals surface area contributed by atoms with Crippen molar-refractivity contribution >= 4 is 17.0 Å². The molecule has 1 aromatic heterocycles. The third kappa shape index (κ3) is 3.67. The van der Waals surface area contributed by atoms with Gasteiger partial charge in [0.15, 0.2) is 0 Å². The van der Waals surface area contributed by atoms with Crippen molar-refractivity contribution in [2.75, 3.05) is 31.1 Å². The van der Waals surface area contributed by atoms with Crippen molar-refractivity contribution in [2.45, 2.75) is 6.54 Å². The summed E-state index contributed by atoms with van der Waals surface area (Å²) in [6.07, 6.45) is 0. The standard InChI is InChI=1S/C20H21N3OS/c24-19-9-5-4-8-18(19)23-12-10-22(11-13-23)14-17-15-25-20(21-17)16-6-2-1-3-7-16/h1-9,15,24H,10-14H2/p+1. The van der Waals surface area contributed by atoms with Gasteiger partial charge in [-0.3, -0.25) is 0 Å². The van der Waals surface area contributed by atoms with E-state index in [9.17, 15) is 5.11 Å². The highest BCUT2D eigenvalue weighted by Gasteiger charge is 2.22. The Hall–Kier alpha value is -2.37. The summed E-state index contributed by atoms with van der Waals surface area (Å²) in [5.74, 6) is 0.373. The SMILES string of the molecule is Oc1ccccc1N1CC[NH+](Cc2csc(-c3ccccc3)n2)CC1. The molecule has 2 heterocycles. The number of thiazole rings is 1. The van der Waals surface area contributed by atoms with Crippen molar-refractivity contribution in [3.63, 3.8) is 0 Å². The summed E-state index contributed by atoms with van der Waals surface area (Å²) < 4.78 is 0. The van der Waals surface area contributed by atoms with Gasteiger partial charge in [0.2, 0.25) is 0 Å². The lowest BCUT2D eigenvalue weighted by atomic mass is 10.2. The molecular formula is C20H22N3OS+. The molecule has 1 aliphatic heterocycles. The molecule has 0 unspecified atom stereocenters. The molecule has 25 heavy (non-hydrogen) atoms. The van der Waals surface area contributed by atoms with Crippen LogP contribution in [0.2, 0.25) is 0 Å². The fourth-order valence-electron chi connectivity index (χ4n) is 3.33. The maximum absolute atomic E-state index is 10.0. The molecule has 0 amide bonds. The van der Waals surface area contributed by atoms with Crippen molar-refractivity contribution in [1.82, 2.24) is 4.98 Å². The van der Waals surface area contributed by atoms with Crippen molar-refractivity contribution in [3.05, 3.63) is 65.7 Å². The van der Waals surface area contributed by atoms with Gasteiger partial charge in [-0.2, -0.15) is 0 Å². The Kier molecular flexibility index (Phi) is 4.68. The number of phenols is 1. The molecule has 0 spiro atoms. The summed E-state index contributed by atoms with van der Waals surface area (Å²) in [6.45, 7) is 5.02. The molecule has 0 radical (unpaired) electrons. The summed E-state index contributed by atoms with van der Waals surface area (Å²) >= 11 is 1.72. The molecule has 128 valence electrons. The zero-order valence-corrected chi connectivity index (χ0v) is 14.9. The number of nitrogens with zero attached hydrogens (tertiary/aromatic N) is 2. The van der Waals surface area contributed by atoms with Gasteiger partial charge in [0, 0.05) is 10.9 Å². The van der Waals surface area contributed by atoms with Gasteiger partial charge in [0.1, 0.15) is 23.0 Å². The van der Waals surface area contributed by atoms with Gasteiger partial charge in [-0.1, -0.05) is 42.5 Å². The van der Waals surface area contributed by atoms with Crippen molar-refractivity contribution in [3.8, 4) is 16.3 Å². The lowest BCUT2D eigenvalue weighted by molar-refractivity contribution is -0.914. The molecule has 4 rings (SSSR count). The zero-order valence-electron chi connectivity index (χ0n) is 14.1. The predicted octanol–water partition coefficient (Wildman–Crippen LogP) is 2.42. The molecule has 4 nitrogen and oxygen atoms in total. The molecular weight excluding hydrogens is 330 g/mol. The first kappa shape index (κ1) is 16.1. The summed E-state index contributed by atoms with van der Waals surface area (Å²) in [6, 6.07) is 18.0. The lowest BCUT2D eigenvalue weighted by Crippen LogP contribution is -3.13. The summed E-state index contributed by atoms with van der Waals surface area (Å²) in [7, 11) is 0. The molecule has 0 atom stereocenters. The van der Waals surface area contributed by atoms with Crippen LogP contribution in [0.15, 0.2) is 60.0 Å². The van der Waals surface area contributed by atoms with E-state index in [1.54, 1.807) is 22.3 Å². The molecule has 1 fully saturated rings. The number of anilines is 1. The number of phenolic OH excluding ortho intramolecular Hbond substituents is 1. The second-order valence-electron chi connectivity index (χ2n) is 6.41. The minimum Gasteiger partial charge on any atom is -0.506 e. The van der Waals surface area contributed by atoms with Crippen LogP contribution in [0, 0.1) is 0 Å². The van der Waals surface area contributed by atoms with Crippen molar-refractivity contribution in [2.24, 2.45) is 0 Å². The highest BCUT2D eigenvalue weighted by molar-refractivity contribution is 7.13. The Bertz CT molecular complexity index is 826. The molecule has 0 aliphatic carbocycles. The molecule has 3 aromatic rings. The summed E-state index contributed by atoms with van der Waals surface area (Å²) in [5.41, 5.74) is 3.31. The van der Waals surface area contributed by atoms with Gasteiger partial charge in [0.05, 0.1) is 31.9 Å². The van der Waals surface area contributed by atoms with E-state index in [2.05, 4.69) is 34.5 Å². The predicted molar refractivity (Wildman–Crippen MR) is 102 cm³/mol. The van der Waals surface area contributed by atoms with Crippen molar-refractivity contribution < 1.29 is 10.0 Å².